The van der Waals surface area contributed by atoms with Gasteiger partial charge in [-0.2, -0.15) is 17.9 Å². The summed E-state index contributed by atoms with van der Waals surface area (Å²) in [5.74, 6) is 0. The van der Waals surface area contributed by atoms with Crippen molar-refractivity contribution in [2.45, 2.75) is 49.8 Å². The largest absolute Gasteiger partial charge is 0.408 e. The van der Waals surface area contributed by atoms with Crippen LogP contribution in [0.1, 0.15) is 23.6 Å². The van der Waals surface area contributed by atoms with Gasteiger partial charge in [-0.25, -0.2) is 8.42 Å². The van der Waals surface area contributed by atoms with Crippen molar-refractivity contribution >= 4 is 32.5 Å². The molecule has 0 amide bonds. The van der Waals surface area contributed by atoms with Gasteiger partial charge in [0, 0.05) is 11.7 Å². The van der Waals surface area contributed by atoms with Crippen LogP contribution in [0.2, 0.25) is 0 Å². The third kappa shape index (κ3) is 4.08. The van der Waals surface area contributed by atoms with Crippen LogP contribution in [0.5, 0.6) is 0 Å². The average molecular weight is 459 g/mol. The van der Waals surface area contributed by atoms with Gasteiger partial charge in [-0.3, -0.25) is 0 Å². The molecule has 0 aliphatic rings. The number of hydrogen-bond acceptors (Lipinski definition) is 2. The highest BCUT2D eigenvalue weighted by Gasteiger charge is 2.54. The van der Waals surface area contributed by atoms with Gasteiger partial charge >= 0.3 is 6.18 Å². The summed E-state index contributed by atoms with van der Waals surface area (Å²) in [7, 11) is -4.52. The maximum atomic E-state index is 14.1. The Balaban J connectivity index is 2.12. The number of hydrogen-bond donors (Lipinski definition) is 1. The highest BCUT2D eigenvalue weighted by atomic mass is 35.5. The minimum atomic E-state index is -4.94. The number of rotatable bonds is 5. The molecule has 3 rings (SSSR count). The number of nitrogens with zero attached hydrogens (tertiary/aromatic N) is 1. The molecule has 0 radical (unpaired) electrons. The van der Waals surface area contributed by atoms with Crippen LogP contribution < -0.4 is 4.72 Å². The molecule has 0 bridgehead atoms. The Morgan fingerprint density at radius 3 is 2.17 bits per heavy atom. The first-order chi connectivity index (χ1) is 13.7. The fourth-order valence-corrected chi connectivity index (χ4v) is 6.03. The van der Waals surface area contributed by atoms with Crippen molar-refractivity contribution in [3.8, 4) is 0 Å². The van der Waals surface area contributed by atoms with E-state index < -0.39 is 27.2 Å². The van der Waals surface area contributed by atoms with E-state index in [2.05, 4.69) is 0 Å². The fourth-order valence-electron chi connectivity index (χ4n) is 3.88. The Hall–Kier alpha value is -2.03. The number of sulfonamides is 1. The van der Waals surface area contributed by atoms with Crippen LogP contribution in [0.4, 0.5) is 13.2 Å². The van der Waals surface area contributed by atoms with E-state index in [4.69, 9.17) is 11.6 Å². The van der Waals surface area contributed by atoms with Crippen LogP contribution in [0.3, 0.4) is 0 Å². The maximum absolute atomic E-state index is 14.1. The topological polar surface area (TPSA) is 51.1 Å². The van der Waals surface area contributed by atoms with Crippen molar-refractivity contribution in [1.29, 1.82) is 0 Å². The molecule has 1 heterocycles. The summed E-state index contributed by atoms with van der Waals surface area (Å²) in [5.41, 5.74) is 2.01. The quantitative estimate of drug-likeness (QED) is 0.521. The molecule has 2 atom stereocenters. The van der Waals surface area contributed by atoms with Crippen molar-refractivity contribution < 1.29 is 21.6 Å². The first kappa shape index (κ1) is 22.7. The molecular formula is C21H22ClF3N2O2S. The predicted octanol–water partition coefficient (Wildman–Crippen LogP) is 5.39. The zero-order valence-corrected chi connectivity index (χ0v) is 18.5. The Morgan fingerprint density at radius 1 is 1.03 bits per heavy atom. The van der Waals surface area contributed by atoms with E-state index in [-0.39, 0.29) is 4.90 Å². The summed E-state index contributed by atoms with van der Waals surface area (Å²) in [6, 6.07) is 9.09. The van der Waals surface area contributed by atoms with Crippen molar-refractivity contribution in [2.24, 2.45) is 0 Å². The van der Waals surface area contributed by atoms with E-state index >= 15 is 0 Å². The number of aromatic nitrogens is 1. The molecule has 4 nitrogen and oxygen atoms in total. The van der Waals surface area contributed by atoms with Crippen molar-refractivity contribution in [2.75, 3.05) is 0 Å². The molecule has 30 heavy (non-hydrogen) atoms. The van der Waals surface area contributed by atoms with Gasteiger partial charge in [0.05, 0.1) is 4.90 Å². The summed E-state index contributed by atoms with van der Waals surface area (Å²) in [5, 5.41) is 0.693. The van der Waals surface area contributed by atoms with Crippen LogP contribution in [0.15, 0.2) is 53.6 Å². The number of nitrogens with one attached hydrogen (secondary N) is 1. The van der Waals surface area contributed by atoms with Crippen molar-refractivity contribution in [1.82, 2.24) is 9.29 Å². The predicted molar refractivity (Wildman–Crippen MR) is 112 cm³/mol. The van der Waals surface area contributed by atoms with Gasteiger partial charge in [0.1, 0.15) is 5.00 Å². The van der Waals surface area contributed by atoms with Gasteiger partial charge < -0.3 is 4.57 Å². The zero-order chi connectivity index (χ0) is 22.5. The number of alkyl halides is 4. The van der Waals surface area contributed by atoms with E-state index in [1.165, 1.54) is 10.8 Å². The third-order valence-corrected chi connectivity index (χ3v) is 7.20. The summed E-state index contributed by atoms with van der Waals surface area (Å²) in [6.45, 7) is 6.04. The number of halogens is 4. The van der Waals surface area contributed by atoms with Crippen LogP contribution >= 0.6 is 11.6 Å². The molecule has 0 fully saturated rings. The van der Waals surface area contributed by atoms with E-state index in [9.17, 15) is 21.6 Å². The summed E-state index contributed by atoms with van der Waals surface area (Å²) in [4.78, 5) is -2.33. The Morgan fingerprint density at radius 2 is 1.60 bits per heavy atom. The number of para-hydroxylation sites is 1. The van der Waals surface area contributed by atoms with Crippen LogP contribution in [0.25, 0.3) is 10.9 Å². The molecule has 9 heteroatoms. The van der Waals surface area contributed by atoms with E-state index in [0.29, 0.717) is 22.0 Å². The second kappa shape index (κ2) is 7.59. The van der Waals surface area contributed by atoms with Crippen molar-refractivity contribution in [3.05, 3.63) is 65.4 Å². The molecule has 3 aromatic rings. The molecule has 1 aromatic heterocycles. The standard InChI is InChI=1S/C21H22ClF3N2O2S/c1-13-11-14(2)18(15(3)12-13)30(28,29)26-19(21(23,24)25)20(4,22)27-10-9-16-7-5-6-8-17(16)27/h5-12,19,26H,1-4H3/t19?,20-/m1/s1. The highest BCUT2D eigenvalue weighted by molar-refractivity contribution is 7.89. The van der Waals surface area contributed by atoms with Crippen molar-refractivity contribution in [3.63, 3.8) is 0 Å². The summed E-state index contributed by atoms with van der Waals surface area (Å²) < 4.78 is 71.4. The monoisotopic (exact) mass is 458 g/mol. The SMILES string of the molecule is Cc1cc(C)c(S(=O)(=O)NC(C(F)(F)F)[C@](C)(Cl)n2ccc3ccccc32)c(C)c1. The van der Waals surface area contributed by atoms with Gasteiger partial charge in [-0.1, -0.05) is 47.5 Å². The molecule has 1 unspecified atom stereocenters. The smallest absolute Gasteiger partial charge is 0.326 e. The van der Waals surface area contributed by atoms with Gasteiger partial charge in [0.15, 0.2) is 6.04 Å². The molecule has 0 aliphatic carbocycles. The number of aryl methyl sites for hydroxylation is 3. The minimum absolute atomic E-state index is 0.174. The Kier molecular flexibility index (Phi) is 5.73. The molecule has 0 saturated carbocycles. The maximum Gasteiger partial charge on any atom is 0.408 e. The lowest BCUT2D eigenvalue weighted by molar-refractivity contribution is -0.164. The van der Waals surface area contributed by atoms with Crippen LogP contribution in [0, 0.1) is 20.8 Å². The Labute approximate surface area is 178 Å². The van der Waals surface area contributed by atoms with Gasteiger partial charge in [-0.15, -0.1) is 0 Å². The van der Waals surface area contributed by atoms with E-state index in [1.807, 2.05) is 4.72 Å². The van der Waals surface area contributed by atoms with Gasteiger partial charge in [-0.05, 0) is 56.3 Å². The molecule has 1 N–H and O–H groups in total. The second-order valence-corrected chi connectivity index (χ2v) is 10.0. The number of benzene rings is 2. The molecule has 0 saturated heterocycles. The normalized spacial score (nSPS) is 15.9. The summed E-state index contributed by atoms with van der Waals surface area (Å²) in [6.07, 6.45) is -3.52. The lowest BCUT2D eigenvalue weighted by Crippen LogP contribution is -2.57. The van der Waals surface area contributed by atoms with E-state index in [0.717, 1.165) is 12.5 Å². The molecular weight excluding hydrogens is 437 g/mol. The lowest BCUT2D eigenvalue weighted by Gasteiger charge is -2.36. The molecule has 162 valence electrons. The van der Waals surface area contributed by atoms with Crippen LogP contribution in [-0.4, -0.2) is 25.2 Å². The fraction of sp³-hybridized carbons (Fsp3) is 0.333. The van der Waals surface area contributed by atoms with E-state index in [1.54, 1.807) is 63.2 Å². The number of fused-ring (bicyclic) bond motifs is 1. The minimum Gasteiger partial charge on any atom is -0.326 e. The lowest BCUT2D eigenvalue weighted by atomic mass is 10.1. The summed E-state index contributed by atoms with van der Waals surface area (Å²) >= 11 is 6.45. The molecule has 2 aromatic carbocycles. The Bertz CT molecular complexity index is 1180. The third-order valence-electron chi connectivity index (χ3n) is 5.07. The molecule has 0 spiro atoms. The van der Waals surface area contributed by atoms with Gasteiger partial charge in [0.25, 0.3) is 0 Å². The zero-order valence-electron chi connectivity index (χ0n) is 16.9. The average Bonchev–Trinajstić information content (AvgIpc) is 3.02. The first-order valence-electron chi connectivity index (χ1n) is 9.17. The molecule has 0 aliphatic heterocycles. The first-order valence-corrected chi connectivity index (χ1v) is 11.0. The second-order valence-electron chi connectivity index (χ2n) is 7.59. The van der Waals surface area contributed by atoms with Gasteiger partial charge in [0.2, 0.25) is 10.0 Å². The van der Waals surface area contributed by atoms with Crippen LogP contribution in [-0.2, 0) is 15.0 Å². The highest BCUT2D eigenvalue weighted by Crippen LogP contribution is 2.39.